The topological polar surface area (TPSA) is 65.4 Å². The first kappa shape index (κ1) is 15.7. The van der Waals surface area contributed by atoms with E-state index in [-0.39, 0.29) is 12.5 Å². The number of carbonyl (C=O) groups excluding carboxylic acids is 1. The Morgan fingerprint density at radius 1 is 1.43 bits per heavy atom. The molecule has 0 aliphatic heterocycles. The van der Waals surface area contributed by atoms with Crippen molar-refractivity contribution in [3.05, 3.63) is 41.6 Å². The summed E-state index contributed by atoms with van der Waals surface area (Å²) in [7, 11) is 0. The summed E-state index contributed by atoms with van der Waals surface area (Å²) in [5.74, 6) is 0.757. The number of amides is 1. The molecule has 0 bridgehead atoms. The summed E-state index contributed by atoms with van der Waals surface area (Å²) in [5.41, 5.74) is 1.13. The molecule has 1 amide bonds. The van der Waals surface area contributed by atoms with Crippen molar-refractivity contribution in [2.45, 2.75) is 13.5 Å². The van der Waals surface area contributed by atoms with Crippen LogP contribution in [0.25, 0.3) is 0 Å². The first-order valence-electron chi connectivity index (χ1n) is 6.19. The quantitative estimate of drug-likeness (QED) is 0.604. The van der Waals surface area contributed by atoms with Gasteiger partial charge in [0.05, 0.1) is 12.2 Å². The Hall–Kier alpha value is -1.67. The van der Waals surface area contributed by atoms with Gasteiger partial charge in [-0.1, -0.05) is 6.07 Å². The number of halogens is 1. The number of hydrogen-bond acceptors (Lipinski definition) is 5. The molecule has 0 aliphatic carbocycles. The molecule has 0 radical (unpaired) electrons. The Bertz CT molecular complexity index is 633. The van der Waals surface area contributed by atoms with Crippen LogP contribution in [0.15, 0.2) is 30.5 Å². The van der Waals surface area contributed by atoms with Crippen molar-refractivity contribution < 1.29 is 14.3 Å². The highest BCUT2D eigenvalue weighted by Crippen LogP contribution is 2.24. The van der Waals surface area contributed by atoms with Crippen LogP contribution in [0, 0.1) is 0 Å². The maximum Gasteiger partial charge on any atom is 0.261 e. The fraction of sp³-hybridized carbons (Fsp3) is 0.231. The lowest BCUT2D eigenvalue weighted by Gasteiger charge is -2.14. The molecule has 21 heavy (non-hydrogen) atoms. The van der Waals surface area contributed by atoms with Crippen molar-refractivity contribution >= 4 is 34.9 Å². The van der Waals surface area contributed by atoms with Crippen molar-refractivity contribution in [2.75, 3.05) is 6.61 Å². The van der Waals surface area contributed by atoms with Crippen LogP contribution >= 0.6 is 29.0 Å². The number of rotatable bonds is 6. The van der Waals surface area contributed by atoms with Gasteiger partial charge in [0.15, 0.2) is 0 Å². The molecule has 8 heteroatoms. The van der Waals surface area contributed by atoms with E-state index >= 15 is 0 Å². The zero-order chi connectivity index (χ0) is 15.2. The highest BCUT2D eigenvalue weighted by atomic mass is 79.9. The van der Waals surface area contributed by atoms with Gasteiger partial charge in [0.2, 0.25) is 5.88 Å². The van der Waals surface area contributed by atoms with E-state index in [1.807, 2.05) is 6.92 Å². The second-order valence-electron chi connectivity index (χ2n) is 4.00. The molecule has 2 rings (SSSR count). The Labute approximate surface area is 136 Å². The Kier molecular flexibility index (Phi) is 5.51. The minimum atomic E-state index is -0.269. The van der Waals surface area contributed by atoms with Crippen LogP contribution in [0.4, 0.5) is 0 Å². The van der Waals surface area contributed by atoms with Crippen LogP contribution in [0.1, 0.15) is 22.8 Å². The van der Waals surface area contributed by atoms with Gasteiger partial charge in [0, 0.05) is 34.0 Å². The fourth-order valence-corrected chi connectivity index (χ4v) is 2.16. The van der Waals surface area contributed by atoms with Crippen molar-refractivity contribution in [3.8, 4) is 11.6 Å². The number of hydrogen-bond donors (Lipinski definition) is 2. The largest absolute Gasteiger partial charge is 0.493 e. The number of benzene rings is 1. The first-order chi connectivity index (χ1) is 10.2. The van der Waals surface area contributed by atoms with Gasteiger partial charge in [-0.25, -0.2) is 4.09 Å². The molecule has 0 aliphatic rings. The molecule has 1 heterocycles. The van der Waals surface area contributed by atoms with E-state index in [1.165, 1.54) is 4.09 Å². The van der Waals surface area contributed by atoms with Gasteiger partial charge in [-0.2, -0.15) is 0 Å². The monoisotopic (exact) mass is 371 g/mol. The van der Waals surface area contributed by atoms with Crippen LogP contribution in [0.3, 0.4) is 0 Å². The molecule has 0 fully saturated rings. The van der Waals surface area contributed by atoms with Crippen molar-refractivity contribution in [2.24, 2.45) is 0 Å². The summed E-state index contributed by atoms with van der Waals surface area (Å²) in [5, 5.41) is 4.00. The van der Waals surface area contributed by atoms with Gasteiger partial charge in [-0.05, 0) is 31.9 Å². The number of thiol groups is 1. The lowest BCUT2D eigenvalue weighted by molar-refractivity contribution is 0.0983. The van der Waals surface area contributed by atoms with Crippen molar-refractivity contribution in [3.63, 3.8) is 0 Å². The molecule has 2 aromatic rings. The molecule has 112 valence electrons. The SMILES string of the molecule is CCOc1cccc(C(=O)NBr)c1COc1ccn(S)n1. The van der Waals surface area contributed by atoms with Crippen LogP contribution in [0.5, 0.6) is 11.6 Å². The lowest BCUT2D eigenvalue weighted by Crippen LogP contribution is -2.16. The molecule has 0 saturated heterocycles. The van der Waals surface area contributed by atoms with E-state index in [1.54, 1.807) is 30.5 Å². The zero-order valence-electron chi connectivity index (χ0n) is 11.2. The van der Waals surface area contributed by atoms with Gasteiger partial charge in [-0.15, -0.1) is 5.10 Å². The molecule has 0 unspecified atom stereocenters. The molecular weight excluding hydrogens is 358 g/mol. The third kappa shape index (κ3) is 3.92. The van der Waals surface area contributed by atoms with Gasteiger partial charge in [0.1, 0.15) is 12.4 Å². The van der Waals surface area contributed by atoms with Gasteiger partial charge in [-0.3, -0.25) is 9.14 Å². The average Bonchev–Trinajstić information content (AvgIpc) is 2.91. The third-order valence-corrected chi connectivity index (χ3v) is 3.26. The second-order valence-corrected chi connectivity index (χ2v) is 4.81. The van der Waals surface area contributed by atoms with Crippen LogP contribution in [-0.4, -0.2) is 21.7 Å². The molecule has 0 spiro atoms. The molecule has 1 N–H and O–H groups in total. The van der Waals surface area contributed by atoms with E-state index in [4.69, 9.17) is 9.47 Å². The summed E-state index contributed by atoms with van der Waals surface area (Å²) >= 11 is 6.98. The minimum absolute atomic E-state index is 0.163. The second kappa shape index (κ2) is 7.37. The van der Waals surface area contributed by atoms with E-state index in [0.29, 0.717) is 29.4 Å². The van der Waals surface area contributed by atoms with Crippen molar-refractivity contribution in [1.82, 2.24) is 13.5 Å². The third-order valence-electron chi connectivity index (χ3n) is 2.68. The number of aromatic nitrogens is 2. The molecule has 1 aromatic heterocycles. The van der Waals surface area contributed by atoms with E-state index in [0.717, 1.165) is 0 Å². The van der Waals surface area contributed by atoms with Crippen LogP contribution < -0.4 is 13.8 Å². The van der Waals surface area contributed by atoms with E-state index in [9.17, 15) is 4.79 Å². The number of carbonyl (C=O) groups is 1. The van der Waals surface area contributed by atoms with E-state index in [2.05, 4.69) is 38.4 Å². The smallest absolute Gasteiger partial charge is 0.261 e. The standard InChI is InChI=1S/C13H14BrN3O3S/c1-2-19-11-5-3-4-9(13(18)15-14)10(11)8-20-12-6-7-17(21)16-12/h3-7,21H,2,8H2,1H3,(H,15,18). The predicted octanol–water partition coefficient (Wildman–Crippen LogP) is 2.59. The number of nitrogens with zero attached hydrogens (tertiary/aromatic N) is 2. The Morgan fingerprint density at radius 3 is 2.86 bits per heavy atom. The summed E-state index contributed by atoms with van der Waals surface area (Å²) < 4.78 is 14.9. The zero-order valence-corrected chi connectivity index (χ0v) is 13.7. The maximum absolute atomic E-state index is 11.9. The predicted molar refractivity (Wildman–Crippen MR) is 84.9 cm³/mol. The maximum atomic E-state index is 11.9. The molecule has 6 nitrogen and oxygen atoms in total. The van der Waals surface area contributed by atoms with Crippen molar-refractivity contribution in [1.29, 1.82) is 0 Å². The highest BCUT2D eigenvalue weighted by Gasteiger charge is 2.16. The van der Waals surface area contributed by atoms with Gasteiger partial charge >= 0.3 is 0 Å². The molecule has 0 saturated carbocycles. The van der Waals surface area contributed by atoms with Gasteiger partial charge < -0.3 is 9.47 Å². The summed E-state index contributed by atoms with van der Waals surface area (Å²) in [6.07, 6.45) is 1.65. The minimum Gasteiger partial charge on any atom is -0.493 e. The lowest BCUT2D eigenvalue weighted by atomic mass is 10.1. The van der Waals surface area contributed by atoms with Gasteiger partial charge in [0.25, 0.3) is 5.91 Å². The molecular formula is C13H14BrN3O3S. The Balaban J connectivity index is 2.27. The fourth-order valence-electron chi connectivity index (χ4n) is 1.79. The Morgan fingerprint density at radius 2 is 2.24 bits per heavy atom. The summed E-state index contributed by atoms with van der Waals surface area (Å²) in [6.45, 7) is 2.54. The normalized spacial score (nSPS) is 10.2. The first-order valence-corrected chi connectivity index (χ1v) is 7.38. The average molecular weight is 372 g/mol. The summed E-state index contributed by atoms with van der Waals surface area (Å²) in [4.78, 5) is 11.9. The molecule has 0 atom stereocenters. The number of nitrogens with one attached hydrogen (secondary N) is 1. The summed E-state index contributed by atoms with van der Waals surface area (Å²) in [6, 6.07) is 6.94. The number of ether oxygens (including phenoxy) is 2. The van der Waals surface area contributed by atoms with Crippen LogP contribution in [0.2, 0.25) is 0 Å². The van der Waals surface area contributed by atoms with E-state index < -0.39 is 0 Å². The van der Waals surface area contributed by atoms with Crippen LogP contribution in [-0.2, 0) is 6.61 Å². The molecule has 1 aromatic carbocycles. The highest BCUT2D eigenvalue weighted by molar-refractivity contribution is 9.08.